The van der Waals surface area contributed by atoms with Crippen molar-refractivity contribution >= 4 is 22.5 Å². The van der Waals surface area contributed by atoms with E-state index in [0.29, 0.717) is 11.5 Å². The topological polar surface area (TPSA) is 54.1 Å². The molecular weight excluding hydrogens is 312 g/mol. The number of benzene rings is 2. The lowest BCUT2D eigenvalue weighted by molar-refractivity contribution is 0.102. The number of hydrogen-bond donors (Lipinski definition) is 2. The zero-order valence-electron chi connectivity index (χ0n) is 14.6. The van der Waals surface area contributed by atoms with Gasteiger partial charge in [-0.2, -0.15) is 0 Å². The average Bonchev–Trinajstić information content (AvgIpc) is 2.99. The number of nitrogens with one attached hydrogen (secondary N) is 2. The monoisotopic (exact) mass is 334 g/mol. The van der Waals surface area contributed by atoms with Gasteiger partial charge in [0.1, 0.15) is 5.75 Å². The second-order valence-electron chi connectivity index (χ2n) is 6.88. The fourth-order valence-electron chi connectivity index (χ4n) is 3.64. The highest BCUT2D eigenvalue weighted by atomic mass is 16.5. The molecule has 0 fully saturated rings. The minimum absolute atomic E-state index is 0.103. The molecule has 3 aromatic rings. The van der Waals surface area contributed by atoms with Crippen molar-refractivity contribution in [2.45, 2.75) is 26.2 Å². The Labute approximate surface area is 147 Å². The van der Waals surface area contributed by atoms with Crippen molar-refractivity contribution in [3.8, 4) is 5.75 Å². The quantitative estimate of drug-likeness (QED) is 0.738. The van der Waals surface area contributed by atoms with Crippen molar-refractivity contribution in [3.05, 3.63) is 59.3 Å². The number of ether oxygens (including phenoxy) is 1. The summed E-state index contributed by atoms with van der Waals surface area (Å²) in [4.78, 5) is 16.2. The number of carbonyl (C=O) groups excluding carboxylic acids is 1. The van der Waals surface area contributed by atoms with Crippen LogP contribution in [0.2, 0.25) is 0 Å². The number of anilines is 1. The van der Waals surface area contributed by atoms with Crippen molar-refractivity contribution in [2.24, 2.45) is 5.92 Å². The van der Waals surface area contributed by atoms with Gasteiger partial charge >= 0.3 is 0 Å². The van der Waals surface area contributed by atoms with E-state index in [1.54, 1.807) is 7.11 Å². The first kappa shape index (κ1) is 15.8. The van der Waals surface area contributed by atoms with Gasteiger partial charge in [0.25, 0.3) is 5.91 Å². The van der Waals surface area contributed by atoms with Crippen LogP contribution in [-0.2, 0) is 12.8 Å². The van der Waals surface area contributed by atoms with Crippen LogP contribution in [0.3, 0.4) is 0 Å². The smallest absolute Gasteiger partial charge is 0.255 e. The Balaban J connectivity index is 1.64. The molecule has 4 heteroatoms. The molecule has 0 saturated carbocycles. The van der Waals surface area contributed by atoms with Crippen LogP contribution in [0.25, 0.3) is 10.9 Å². The van der Waals surface area contributed by atoms with Crippen molar-refractivity contribution in [2.75, 3.05) is 12.4 Å². The fraction of sp³-hybridized carbons (Fsp3) is 0.286. The second-order valence-corrected chi connectivity index (χ2v) is 6.88. The zero-order chi connectivity index (χ0) is 17.4. The van der Waals surface area contributed by atoms with Crippen molar-refractivity contribution < 1.29 is 9.53 Å². The highest BCUT2D eigenvalue weighted by Gasteiger charge is 2.20. The number of methoxy groups -OCH3 is 1. The molecule has 25 heavy (non-hydrogen) atoms. The summed E-state index contributed by atoms with van der Waals surface area (Å²) in [5.74, 6) is 1.32. The maximum atomic E-state index is 12.6. The first-order chi connectivity index (χ1) is 12.1. The van der Waals surface area contributed by atoms with E-state index in [1.807, 2.05) is 42.5 Å². The Hall–Kier alpha value is -2.75. The molecule has 1 heterocycles. The summed E-state index contributed by atoms with van der Waals surface area (Å²) >= 11 is 0. The molecule has 0 unspecified atom stereocenters. The standard InChI is InChI=1S/C21H22N2O2/c1-13-6-8-19-17(10-13)18-11-14(7-9-20(18)23-19)21(24)22-15-4-3-5-16(12-15)25-2/h3-5,7,9,11-13,23H,6,8,10H2,1-2H3,(H,22,24)/t13-/m0/s1. The van der Waals surface area contributed by atoms with E-state index in [4.69, 9.17) is 4.74 Å². The molecule has 0 aliphatic heterocycles. The third kappa shape index (κ3) is 3.00. The fourth-order valence-corrected chi connectivity index (χ4v) is 3.64. The molecule has 1 aliphatic carbocycles. The number of amides is 1. The van der Waals surface area contributed by atoms with Crippen LogP contribution in [0.15, 0.2) is 42.5 Å². The van der Waals surface area contributed by atoms with Crippen LogP contribution in [-0.4, -0.2) is 18.0 Å². The van der Waals surface area contributed by atoms with E-state index in [1.165, 1.54) is 23.1 Å². The molecule has 0 spiro atoms. The first-order valence-corrected chi connectivity index (χ1v) is 8.73. The maximum absolute atomic E-state index is 12.6. The van der Waals surface area contributed by atoms with Gasteiger partial charge in [0.2, 0.25) is 0 Å². The SMILES string of the molecule is COc1cccc(NC(=O)c2ccc3[nH]c4c(c3c2)C[C@@H](C)CC4)c1. The Kier molecular flexibility index (Phi) is 3.96. The summed E-state index contributed by atoms with van der Waals surface area (Å²) in [6.45, 7) is 2.29. The molecule has 1 aliphatic rings. The molecule has 0 bridgehead atoms. The third-order valence-corrected chi connectivity index (χ3v) is 5.02. The summed E-state index contributed by atoms with van der Waals surface area (Å²) in [7, 11) is 1.62. The molecule has 1 aromatic heterocycles. The van der Waals surface area contributed by atoms with Gasteiger partial charge < -0.3 is 15.0 Å². The zero-order valence-corrected chi connectivity index (χ0v) is 14.6. The van der Waals surface area contributed by atoms with E-state index in [9.17, 15) is 4.79 Å². The molecule has 0 saturated heterocycles. The first-order valence-electron chi connectivity index (χ1n) is 8.73. The maximum Gasteiger partial charge on any atom is 0.255 e. The molecule has 128 valence electrons. The van der Waals surface area contributed by atoms with E-state index in [2.05, 4.69) is 17.2 Å². The molecule has 1 amide bonds. The van der Waals surface area contributed by atoms with Gasteiger partial charge in [-0.15, -0.1) is 0 Å². The van der Waals surface area contributed by atoms with Crippen LogP contribution in [0.5, 0.6) is 5.75 Å². The van der Waals surface area contributed by atoms with Crippen LogP contribution >= 0.6 is 0 Å². The van der Waals surface area contributed by atoms with Gasteiger partial charge in [-0.3, -0.25) is 4.79 Å². The van der Waals surface area contributed by atoms with Crippen molar-refractivity contribution in [3.63, 3.8) is 0 Å². The summed E-state index contributed by atoms with van der Waals surface area (Å²) < 4.78 is 5.21. The van der Waals surface area contributed by atoms with Gasteiger partial charge in [-0.25, -0.2) is 0 Å². The molecule has 2 N–H and O–H groups in total. The van der Waals surface area contributed by atoms with Gasteiger partial charge in [0.15, 0.2) is 0 Å². The Morgan fingerprint density at radius 3 is 2.96 bits per heavy atom. The summed E-state index contributed by atoms with van der Waals surface area (Å²) in [5, 5.41) is 4.13. The Bertz CT molecular complexity index is 942. The van der Waals surface area contributed by atoms with Gasteiger partial charge in [0, 0.05) is 33.9 Å². The molecule has 4 rings (SSSR count). The van der Waals surface area contributed by atoms with Gasteiger partial charge in [-0.1, -0.05) is 13.0 Å². The number of aromatic amines is 1. The van der Waals surface area contributed by atoms with E-state index in [-0.39, 0.29) is 5.91 Å². The average molecular weight is 334 g/mol. The summed E-state index contributed by atoms with van der Waals surface area (Å²) in [6, 6.07) is 13.3. The van der Waals surface area contributed by atoms with Crippen molar-refractivity contribution in [1.82, 2.24) is 4.98 Å². The van der Waals surface area contributed by atoms with Crippen LogP contribution in [0.4, 0.5) is 5.69 Å². The van der Waals surface area contributed by atoms with Crippen LogP contribution in [0, 0.1) is 5.92 Å². The van der Waals surface area contributed by atoms with E-state index < -0.39 is 0 Å². The Morgan fingerprint density at radius 1 is 1.24 bits per heavy atom. The molecular formula is C21H22N2O2. The molecule has 4 nitrogen and oxygen atoms in total. The number of fused-ring (bicyclic) bond motifs is 3. The molecule has 2 aromatic carbocycles. The summed E-state index contributed by atoms with van der Waals surface area (Å²) in [6.07, 6.45) is 3.40. The normalized spacial score (nSPS) is 16.5. The highest BCUT2D eigenvalue weighted by Crippen LogP contribution is 2.32. The van der Waals surface area contributed by atoms with E-state index >= 15 is 0 Å². The third-order valence-electron chi connectivity index (χ3n) is 5.02. The Morgan fingerprint density at radius 2 is 2.12 bits per heavy atom. The van der Waals surface area contributed by atoms with E-state index in [0.717, 1.165) is 29.8 Å². The number of H-pyrrole nitrogens is 1. The second kappa shape index (κ2) is 6.28. The lowest BCUT2D eigenvalue weighted by Gasteiger charge is -2.18. The lowest BCUT2D eigenvalue weighted by Crippen LogP contribution is -2.12. The minimum Gasteiger partial charge on any atom is -0.497 e. The highest BCUT2D eigenvalue weighted by molar-refractivity contribution is 6.06. The minimum atomic E-state index is -0.103. The summed E-state index contributed by atoms with van der Waals surface area (Å²) in [5.41, 5.74) is 5.24. The predicted octanol–water partition coefficient (Wildman–Crippen LogP) is 4.55. The predicted molar refractivity (Wildman–Crippen MR) is 100 cm³/mol. The number of aryl methyl sites for hydroxylation is 1. The van der Waals surface area contributed by atoms with Crippen LogP contribution < -0.4 is 10.1 Å². The van der Waals surface area contributed by atoms with Gasteiger partial charge in [-0.05, 0) is 61.1 Å². The molecule has 1 atom stereocenters. The number of hydrogen-bond acceptors (Lipinski definition) is 2. The number of aromatic nitrogens is 1. The largest absolute Gasteiger partial charge is 0.497 e. The number of rotatable bonds is 3. The molecule has 0 radical (unpaired) electrons. The lowest BCUT2D eigenvalue weighted by atomic mass is 9.87. The van der Waals surface area contributed by atoms with Crippen molar-refractivity contribution in [1.29, 1.82) is 0 Å². The van der Waals surface area contributed by atoms with Crippen LogP contribution in [0.1, 0.15) is 35.0 Å². The number of carbonyl (C=O) groups is 1. The van der Waals surface area contributed by atoms with Gasteiger partial charge in [0.05, 0.1) is 7.11 Å².